The molecule has 2 aromatic rings. The van der Waals surface area contributed by atoms with Gasteiger partial charge in [0, 0.05) is 13.2 Å². The Morgan fingerprint density at radius 1 is 0.778 bits per heavy atom. The largest absolute Gasteiger partial charge is 0.504 e. The highest BCUT2D eigenvalue weighted by Gasteiger charge is 2.22. The normalized spacial score (nSPS) is 13.2. The van der Waals surface area contributed by atoms with E-state index in [4.69, 9.17) is 9.47 Å². The Morgan fingerprint density at radius 3 is 1.67 bits per heavy atom. The predicted molar refractivity (Wildman–Crippen MR) is 102 cm³/mol. The van der Waals surface area contributed by atoms with Crippen molar-refractivity contribution in [2.45, 2.75) is 19.3 Å². The summed E-state index contributed by atoms with van der Waals surface area (Å²) in [5.74, 6) is 0.908. The van der Waals surface area contributed by atoms with Crippen molar-refractivity contribution in [3.63, 3.8) is 0 Å². The molecule has 0 aliphatic carbocycles. The Kier molecular flexibility index (Phi) is 7.76. The third-order valence-electron chi connectivity index (χ3n) is 4.89. The van der Waals surface area contributed by atoms with Gasteiger partial charge in [-0.15, -0.1) is 0 Å². The van der Waals surface area contributed by atoms with E-state index < -0.39 is 0 Å². The molecule has 2 aromatic carbocycles. The number of rotatable bonds is 10. The van der Waals surface area contributed by atoms with Crippen molar-refractivity contribution in [3.8, 4) is 23.0 Å². The first-order chi connectivity index (χ1) is 13.0. The number of benzene rings is 2. The van der Waals surface area contributed by atoms with Gasteiger partial charge in [-0.3, -0.25) is 0 Å². The summed E-state index contributed by atoms with van der Waals surface area (Å²) in [7, 11) is 2.99. The fourth-order valence-electron chi connectivity index (χ4n) is 3.35. The minimum atomic E-state index is -0.0776. The first-order valence-corrected chi connectivity index (χ1v) is 8.95. The third-order valence-corrected chi connectivity index (χ3v) is 4.89. The van der Waals surface area contributed by atoms with E-state index in [2.05, 4.69) is 0 Å². The minimum absolute atomic E-state index is 0.0231. The lowest BCUT2D eigenvalue weighted by molar-refractivity contribution is 0.147. The number of aliphatic hydroxyl groups is 2. The number of phenolic OH excluding ortho intramolecular Hbond substituents is 2. The first kappa shape index (κ1) is 20.9. The molecule has 0 aromatic heterocycles. The molecule has 0 aliphatic heterocycles. The molecule has 4 N–H and O–H groups in total. The summed E-state index contributed by atoms with van der Waals surface area (Å²) < 4.78 is 10.3. The zero-order valence-electron chi connectivity index (χ0n) is 15.8. The van der Waals surface area contributed by atoms with Crippen LogP contribution in [0.25, 0.3) is 0 Å². The van der Waals surface area contributed by atoms with Crippen molar-refractivity contribution in [2.24, 2.45) is 11.8 Å². The van der Waals surface area contributed by atoms with Crippen LogP contribution in [0.5, 0.6) is 23.0 Å². The van der Waals surface area contributed by atoms with Crippen molar-refractivity contribution in [2.75, 3.05) is 27.4 Å². The average Bonchev–Trinajstić information content (AvgIpc) is 2.68. The van der Waals surface area contributed by atoms with Gasteiger partial charge in [0.1, 0.15) is 0 Å². The number of aromatic hydroxyl groups is 2. The van der Waals surface area contributed by atoms with E-state index in [1.54, 1.807) is 30.3 Å². The van der Waals surface area contributed by atoms with Gasteiger partial charge in [-0.1, -0.05) is 12.1 Å². The number of methoxy groups -OCH3 is 2. The maximum atomic E-state index is 9.96. The molecule has 2 atom stereocenters. The Balaban J connectivity index is 2.19. The molecule has 2 rings (SSSR count). The van der Waals surface area contributed by atoms with E-state index in [1.165, 1.54) is 14.2 Å². The Labute approximate surface area is 159 Å². The van der Waals surface area contributed by atoms with E-state index in [9.17, 15) is 20.4 Å². The lowest BCUT2D eigenvalue weighted by Gasteiger charge is -2.26. The van der Waals surface area contributed by atoms with Crippen LogP contribution in [0.1, 0.15) is 17.5 Å². The molecular weight excluding hydrogens is 348 g/mol. The molecule has 0 saturated carbocycles. The maximum absolute atomic E-state index is 9.96. The monoisotopic (exact) mass is 376 g/mol. The molecule has 2 unspecified atom stereocenters. The summed E-state index contributed by atoms with van der Waals surface area (Å²) in [5, 5.41) is 39.0. The molecule has 0 fully saturated rings. The number of hydrogen-bond acceptors (Lipinski definition) is 6. The molecule has 6 nitrogen and oxygen atoms in total. The molecular formula is C21H28O6. The fourth-order valence-corrected chi connectivity index (χ4v) is 3.35. The van der Waals surface area contributed by atoms with Crippen molar-refractivity contribution >= 4 is 0 Å². The first-order valence-electron chi connectivity index (χ1n) is 8.95. The lowest BCUT2D eigenvalue weighted by Crippen LogP contribution is -2.24. The fraction of sp³-hybridized carbons (Fsp3) is 0.429. The van der Waals surface area contributed by atoms with Gasteiger partial charge in [0.05, 0.1) is 14.2 Å². The summed E-state index contributed by atoms with van der Waals surface area (Å²) in [4.78, 5) is 0. The molecule has 148 valence electrons. The highest BCUT2D eigenvalue weighted by atomic mass is 16.5. The summed E-state index contributed by atoms with van der Waals surface area (Å²) >= 11 is 0. The van der Waals surface area contributed by atoms with Crippen LogP contribution < -0.4 is 9.47 Å². The number of aliphatic hydroxyl groups excluding tert-OH is 2. The maximum Gasteiger partial charge on any atom is 0.160 e. The smallest absolute Gasteiger partial charge is 0.160 e. The lowest BCUT2D eigenvalue weighted by atomic mass is 9.81. The highest BCUT2D eigenvalue weighted by Crippen LogP contribution is 2.32. The molecule has 0 aliphatic rings. The van der Waals surface area contributed by atoms with Crippen LogP contribution >= 0.6 is 0 Å². The molecule has 0 radical (unpaired) electrons. The standard InChI is InChI=1S/C21H28O6/c1-26-20-11-14(3-5-18(20)24)9-16(7-8-22)17(13-23)10-15-4-6-19(25)21(12-15)27-2/h3-6,11-12,16-17,22-25H,7-10,13H2,1-2H3. The van der Waals surface area contributed by atoms with Gasteiger partial charge in [0.15, 0.2) is 23.0 Å². The highest BCUT2D eigenvalue weighted by molar-refractivity contribution is 5.43. The topological polar surface area (TPSA) is 99.4 Å². The molecule has 0 heterocycles. The third kappa shape index (κ3) is 5.52. The van der Waals surface area contributed by atoms with Crippen molar-refractivity contribution in [1.82, 2.24) is 0 Å². The van der Waals surface area contributed by atoms with Gasteiger partial charge < -0.3 is 29.9 Å². The summed E-state index contributed by atoms with van der Waals surface area (Å²) in [6.07, 6.45) is 1.77. The Bertz CT molecular complexity index is 731. The molecule has 0 saturated heterocycles. The molecule has 0 bridgehead atoms. The van der Waals surface area contributed by atoms with Crippen LogP contribution in [-0.2, 0) is 12.8 Å². The van der Waals surface area contributed by atoms with Crippen molar-refractivity contribution < 1.29 is 29.9 Å². The zero-order chi connectivity index (χ0) is 19.8. The molecule has 0 amide bonds. The summed E-state index contributed by atoms with van der Waals surface area (Å²) in [6, 6.07) is 10.3. The average molecular weight is 376 g/mol. The molecule has 6 heteroatoms. The van der Waals surface area contributed by atoms with E-state index in [-0.39, 0.29) is 36.5 Å². The number of hydrogen-bond donors (Lipinski definition) is 4. The minimum Gasteiger partial charge on any atom is -0.504 e. The van der Waals surface area contributed by atoms with Crippen LogP contribution in [0.2, 0.25) is 0 Å². The SMILES string of the molecule is COc1cc(CC(CO)C(CCO)Cc2ccc(O)c(OC)c2)ccc1O. The van der Waals surface area contributed by atoms with E-state index >= 15 is 0 Å². The van der Waals surface area contributed by atoms with Gasteiger partial charge >= 0.3 is 0 Å². The van der Waals surface area contributed by atoms with Crippen molar-refractivity contribution in [1.29, 1.82) is 0 Å². The zero-order valence-corrected chi connectivity index (χ0v) is 15.8. The molecule has 0 spiro atoms. The van der Waals surface area contributed by atoms with Crippen LogP contribution in [0, 0.1) is 11.8 Å². The van der Waals surface area contributed by atoms with Crippen molar-refractivity contribution in [3.05, 3.63) is 47.5 Å². The van der Waals surface area contributed by atoms with E-state index in [0.29, 0.717) is 30.8 Å². The second-order valence-corrected chi connectivity index (χ2v) is 6.64. The van der Waals surface area contributed by atoms with Crippen LogP contribution in [0.15, 0.2) is 36.4 Å². The summed E-state index contributed by atoms with van der Waals surface area (Å²) in [6.45, 7) is -0.00163. The van der Waals surface area contributed by atoms with Crippen LogP contribution in [0.4, 0.5) is 0 Å². The van der Waals surface area contributed by atoms with Gasteiger partial charge in [-0.25, -0.2) is 0 Å². The van der Waals surface area contributed by atoms with Gasteiger partial charge in [0.2, 0.25) is 0 Å². The van der Waals surface area contributed by atoms with Gasteiger partial charge in [-0.05, 0) is 66.5 Å². The molecule has 27 heavy (non-hydrogen) atoms. The van der Waals surface area contributed by atoms with E-state index in [1.807, 2.05) is 6.07 Å². The van der Waals surface area contributed by atoms with Crippen LogP contribution in [-0.4, -0.2) is 47.9 Å². The van der Waals surface area contributed by atoms with Crippen LogP contribution in [0.3, 0.4) is 0 Å². The summed E-state index contributed by atoms with van der Waals surface area (Å²) in [5.41, 5.74) is 1.90. The predicted octanol–water partition coefficient (Wildman–Crippen LogP) is 2.51. The Morgan fingerprint density at radius 2 is 1.26 bits per heavy atom. The van der Waals surface area contributed by atoms with Gasteiger partial charge in [-0.2, -0.15) is 0 Å². The second kappa shape index (κ2) is 10.0. The number of phenols is 2. The van der Waals surface area contributed by atoms with Gasteiger partial charge in [0.25, 0.3) is 0 Å². The Hall–Kier alpha value is -2.44. The quantitative estimate of drug-likeness (QED) is 0.508. The number of ether oxygens (including phenoxy) is 2. The van der Waals surface area contributed by atoms with E-state index in [0.717, 1.165) is 11.1 Å². The second-order valence-electron chi connectivity index (χ2n) is 6.64.